The fraction of sp³-hybridized carbons (Fsp3) is 0.158. The molecule has 0 aromatic heterocycles. The summed E-state index contributed by atoms with van der Waals surface area (Å²) in [6.07, 6.45) is 0. The van der Waals surface area contributed by atoms with Crippen molar-refractivity contribution in [2.45, 2.75) is 19.9 Å². The molecule has 0 radical (unpaired) electrons. The monoisotopic (exact) mass is 277 g/mol. The van der Waals surface area contributed by atoms with Crippen LogP contribution in [0.3, 0.4) is 0 Å². The van der Waals surface area contributed by atoms with E-state index in [0.29, 0.717) is 5.75 Å². The van der Waals surface area contributed by atoms with Crippen LogP contribution in [0.2, 0.25) is 0 Å². The van der Waals surface area contributed by atoms with Crippen molar-refractivity contribution in [3.8, 4) is 5.75 Å². The van der Waals surface area contributed by atoms with Gasteiger partial charge >= 0.3 is 0 Å². The molecule has 21 heavy (non-hydrogen) atoms. The van der Waals surface area contributed by atoms with E-state index in [1.807, 2.05) is 19.1 Å². The SMILES string of the molecule is Cc1cc(NC(C)c2cccc3ccccc23)ccc1O. The first-order valence-corrected chi connectivity index (χ1v) is 7.19. The molecule has 0 saturated heterocycles. The van der Waals surface area contributed by atoms with E-state index in [0.717, 1.165) is 11.3 Å². The molecule has 0 aliphatic rings. The average molecular weight is 277 g/mol. The maximum absolute atomic E-state index is 9.61. The highest BCUT2D eigenvalue weighted by Gasteiger charge is 2.09. The molecule has 2 N–H and O–H groups in total. The normalized spacial score (nSPS) is 12.3. The summed E-state index contributed by atoms with van der Waals surface area (Å²) in [6.45, 7) is 4.06. The number of fused-ring (bicyclic) bond motifs is 1. The Kier molecular flexibility index (Phi) is 3.53. The molecule has 3 aromatic carbocycles. The van der Waals surface area contributed by atoms with Gasteiger partial charge in [-0.2, -0.15) is 0 Å². The second kappa shape index (κ2) is 5.49. The molecule has 0 heterocycles. The number of benzene rings is 3. The Balaban J connectivity index is 1.93. The number of aromatic hydroxyl groups is 1. The molecule has 0 bridgehead atoms. The van der Waals surface area contributed by atoms with Gasteiger partial charge in [-0.05, 0) is 53.9 Å². The van der Waals surface area contributed by atoms with Gasteiger partial charge in [-0.25, -0.2) is 0 Å². The van der Waals surface area contributed by atoms with E-state index in [-0.39, 0.29) is 6.04 Å². The number of nitrogens with one attached hydrogen (secondary N) is 1. The van der Waals surface area contributed by atoms with Gasteiger partial charge in [0.2, 0.25) is 0 Å². The molecule has 106 valence electrons. The lowest BCUT2D eigenvalue weighted by molar-refractivity contribution is 0.471. The first kappa shape index (κ1) is 13.5. The van der Waals surface area contributed by atoms with Crippen LogP contribution in [-0.2, 0) is 0 Å². The van der Waals surface area contributed by atoms with Crippen molar-refractivity contribution in [1.29, 1.82) is 0 Å². The quantitative estimate of drug-likeness (QED) is 0.658. The summed E-state index contributed by atoms with van der Waals surface area (Å²) < 4.78 is 0. The van der Waals surface area contributed by atoms with Crippen LogP contribution in [0.5, 0.6) is 5.75 Å². The Morgan fingerprint density at radius 3 is 2.52 bits per heavy atom. The third kappa shape index (κ3) is 2.70. The van der Waals surface area contributed by atoms with E-state index in [1.54, 1.807) is 6.07 Å². The van der Waals surface area contributed by atoms with Crippen LogP contribution >= 0.6 is 0 Å². The largest absolute Gasteiger partial charge is 0.508 e. The van der Waals surface area contributed by atoms with E-state index in [9.17, 15) is 5.11 Å². The van der Waals surface area contributed by atoms with Gasteiger partial charge in [-0.1, -0.05) is 42.5 Å². The number of hydrogen-bond donors (Lipinski definition) is 2. The highest BCUT2D eigenvalue weighted by Crippen LogP contribution is 2.28. The van der Waals surface area contributed by atoms with E-state index < -0.39 is 0 Å². The minimum Gasteiger partial charge on any atom is -0.508 e. The van der Waals surface area contributed by atoms with E-state index in [1.165, 1.54) is 16.3 Å². The highest BCUT2D eigenvalue weighted by molar-refractivity contribution is 5.86. The van der Waals surface area contributed by atoms with Crippen molar-refractivity contribution in [2.75, 3.05) is 5.32 Å². The molecule has 0 aliphatic carbocycles. The zero-order chi connectivity index (χ0) is 14.8. The molecular weight excluding hydrogens is 258 g/mol. The summed E-state index contributed by atoms with van der Waals surface area (Å²) in [6, 6.07) is 20.6. The molecule has 1 unspecified atom stereocenters. The smallest absolute Gasteiger partial charge is 0.118 e. The Bertz CT molecular complexity index is 774. The third-order valence-corrected chi connectivity index (χ3v) is 3.87. The number of rotatable bonds is 3. The van der Waals surface area contributed by atoms with Gasteiger partial charge in [0.05, 0.1) is 0 Å². The molecule has 0 spiro atoms. The topological polar surface area (TPSA) is 32.3 Å². The van der Waals surface area contributed by atoms with Crippen molar-refractivity contribution >= 4 is 16.5 Å². The molecular formula is C19H19NO. The summed E-state index contributed by atoms with van der Waals surface area (Å²) in [4.78, 5) is 0. The number of phenols is 1. The number of aryl methyl sites for hydroxylation is 1. The van der Waals surface area contributed by atoms with Crippen LogP contribution in [0.15, 0.2) is 60.7 Å². The van der Waals surface area contributed by atoms with Crippen LogP contribution in [0, 0.1) is 6.92 Å². The molecule has 2 nitrogen and oxygen atoms in total. The molecule has 1 atom stereocenters. The summed E-state index contributed by atoms with van der Waals surface area (Å²) in [5.74, 6) is 0.332. The maximum atomic E-state index is 9.61. The van der Waals surface area contributed by atoms with Crippen LogP contribution in [0.25, 0.3) is 10.8 Å². The molecule has 0 saturated carbocycles. The van der Waals surface area contributed by atoms with Gasteiger partial charge in [0.25, 0.3) is 0 Å². The average Bonchev–Trinajstić information content (AvgIpc) is 2.50. The predicted molar refractivity (Wildman–Crippen MR) is 88.8 cm³/mol. The van der Waals surface area contributed by atoms with Gasteiger partial charge in [0.1, 0.15) is 5.75 Å². The number of hydrogen-bond acceptors (Lipinski definition) is 2. The lowest BCUT2D eigenvalue weighted by atomic mass is 9.99. The third-order valence-electron chi connectivity index (χ3n) is 3.87. The van der Waals surface area contributed by atoms with Gasteiger partial charge in [-0.15, -0.1) is 0 Å². The predicted octanol–water partition coefficient (Wildman–Crippen LogP) is 5.03. The Hall–Kier alpha value is -2.48. The summed E-state index contributed by atoms with van der Waals surface area (Å²) in [5.41, 5.74) is 3.18. The van der Waals surface area contributed by atoms with E-state index >= 15 is 0 Å². The molecule has 3 rings (SSSR count). The van der Waals surface area contributed by atoms with E-state index in [4.69, 9.17) is 0 Å². The van der Waals surface area contributed by atoms with Crippen molar-refractivity contribution in [1.82, 2.24) is 0 Å². The fourth-order valence-electron chi connectivity index (χ4n) is 2.70. The van der Waals surface area contributed by atoms with Gasteiger partial charge in [0, 0.05) is 11.7 Å². The molecule has 0 amide bonds. The van der Waals surface area contributed by atoms with Crippen LogP contribution in [0.1, 0.15) is 24.1 Å². The van der Waals surface area contributed by atoms with E-state index in [2.05, 4.69) is 54.7 Å². The lowest BCUT2D eigenvalue weighted by Gasteiger charge is -2.18. The minimum absolute atomic E-state index is 0.194. The summed E-state index contributed by atoms with van der Waals surface area (Å²) in [7, 11) is 0. The highest BCUT2D eigenvalue weighted by atomic mass is 16.3. The standard InChI is InChI=1S/C19H19NO/c1-13-12-16(10-11-19(13)21)20-14(2)17-9-5-7-15-6-3-4-8-18(15)17/h3-12,14,20-21H,1-2H3. The molecule has 0 aliphatic heterocycles. The van der Waals surface area contributed by atoms with Gasteiger partial charge in [0.15, 0.2) is 0 Å². The fourth-order valence-corrected chi connectivity index (χ4v) is 2.70. The second-order valence-corrected chi connectivity index (χ2v) is 5.44. The first-order chi connectivity index (χ1) is 10.1. The first-order valence-electron chi connectivity index (χ1n) is 7.19. The summed E-state index contributed by atoms with van der Waals surface area (Å²) >= 11 is 0. The van der Waals surface area contributed by atoms with Gasteiger partial charge < -0.3 is 10.4 Å². The zero-order valence-corrected chi connectivity index (χ0v) is 12.3. The molecule has 3 aromatic rings. The minimum atomic E-state index is 0.194. The van der Waals surface area contributed by atoms with Crippen molar-refractivity contribution in [2.24, 2.45) is 0 Å². The molecule has 2 heteroatoms. The Morgan fingerprint density at radius 2 is 1.71 bits per heavy atom. The number of phenolic OH excluding ortho intramolecular Hbond substituents is 1. The molecule has 0 fully saturated rings. The maximum Gasteiger partial charge on any atom is 0.118 e. The Labute approximate surface area is 125 Å². The summed E-state index contributed by atoms with van der Waals surface area (Å²) in [5, 5.41) is 15.6. The lowest BCUT2D eigenvalue weighted by Crippen LogP contribution is -2.07. The second-order valence-electron chi connectivity index (χ2n) is 5.44. The Morgan fingerprint density at radius 1 is 0.952 bits per heavy atom. The van der Waals surface area contributed by atoms with Crippen LogP contribution in [-0.4, -0.2) is 5.11 Å². The van der Waals surface area contributed by atoms with Crippen molar-refractivity contribution in [3.05, 3.63) is 71.8 Å². The zero-order valence-electron chi connectivity index (χ0n) is 12.3. The number of anilines is 1. The van der Waals surface area contributed by atoms with Gasteiger partial charge in [-0.3, -0.25) is 0 Å². The van der Waals surface area contributed by atoms with Crippen LogP contribution < -0.4 is 5.32 Å². The van der Waals surface area contributed by atoms with Crippen molar-refractivity contribution in [3.63, 3.8) is 0 Å². The van der Waals surface area contributed by atoms with Crippen LogP contribution in [0.4, 0.5) is 5.69 Å². The van der Waals surface area contributed by atoms with Crippen molar-refractivity contribution < 1.29 is 5.11 Å².